The Bertz CT molecular complexity index is 1110. The van der Waals surface area contributed by atoms with E-state index in [1.165, 1.54) is 36.4 Å². The second-order valence-corrected chi connectivity index (χ2v) is 10.2. The maximum atomic E-state index is 13.1. The van der Waals surface area contributed by atoms with Gasteiger partial charge in [-0.15, -0.1) is 0 Å². The van der Waals surface area contributed by atoms with Crippen molar-refractivity contribution < 1.29 is 31.5 Å². The van der Waals surface area contributed by atoms with Crippen molar-refractivity contribution in [1.82, 2.24) is 0 Å². The zero-order chi connectivity index (χ0) is 24.9. The van der Waals surface area contributed by atoms with E-state index in [1.54, 1.807) is 6.92 Å². The second kappa shape index (κ2) is 10.6. The van der Waals surface area contributed by atoms with Gasteiger partial charge in [-0.1, -0.05) is 13.0 Å². The molecule has 0 saturated heterocycles. The van der Waals surface area contributed by atoms with Crippen molar-refractivity contribution in [2.45, 2.75) is 57.5 Å². The summed E-state index contributed by atoms with van der Waals surface area (Å²) in [6.45, 7) is 4.69. The number of sulfonamides is 1. The molecular formula is C24H30F2N2O5S. The van der Waals surface area contributed by atoms with Gasteiger partial charge in [-0.05, 0) is 62.8 Å². The predicted octanol–water partition coefficient (Wildman–Crippen LogP) is 5.64. The zero-order valence-corrected chi connectivity index (χ0v) is 20.3. The summed E-state index contributed by atoms with van der Waals surface area (Å²) in [5, 5.41) is 2.86. The molecule has 1 aliphatic carbocycles. The minimum absolute atomic E-state index is 0.0492. The maximum Gasteiger partial charge on any atom is 0.394 e. The van der Waals surface area contributed by atoms with E-state index < -0.39 is 16.1 Å². The minimum atomic E-state index is -4.13. The van der Waals surface area contributed by atoms with Crippen LogP contribution in [0, 0.1) is 11.8 Å². The van der Waals surface area contributed by atoms with E-state index in [-0.39, 0.29) is 40.5 Å². The van der Waals surface area contributed by atoms with Gasteiger partial charge in [-0.3, -0.25) is 9.52 Å². The lowest BCUT2D eigenvalue weighted by Crippen LogP contribution is -2.26. The molecule has 2 aromatic rings. The third-order valence-corrected chi connectivity index (χ3v) is 6.99. The summed E-state index contributed by atoms with van der Waals surface area (Å²) >= 11 is 0. The third-order valence-electron chi connectivity index (χ3n) is 5.57. The van der Waals surface area contributed by atoms with Crippen LogP contribution in [0.4, 0.5) is 20.2 Å². The van der Waals surface area contributed by atoms with Crippen LogP contribution in [0.25, 0.3) is 0 Å². The van der Waals surface area contributed by atoms with Gasteiger partial charge in [0, 0.05) is 30.7 Å². The lowest BCUT2D eigenvalue weighted by atomic mass is 9.82. The van der Waals surface area contributed by atoms with Gasteiger partial charge in [0.15, 0.2) is 0 Å². The SMILES string of the molecule is CCOc1cc(NC(=O)C2CCC(C)CC2)ccc1S(=O)(=O)Nc1cccc(OC(C)(F)F)c1. The number of benzene rings is 2. The lowest BCUT2D eigenvalue weighted by Gasteiger charge is -2.25. The Balaban J connectivity index is 1.79. The van der Waals surface area contributed by atoms with Crippen LogP contribution in [0.5, 0.6) is 11.5 Å². The molecule has 34 heavy (non-hydrogen) atoms. The summed E-state index contributed by atoms with van der Waals surface area (Å²) in [4.78, 5) is 12.5. The first-order chi connectivity index (χ1) is 16.0. The monoisotopic (exact) mass is 496 g/mol. The molecule has 0 radical (unpaired) electrons. The van der Waals surface area contributed by atoms with Crippen LogP contribution in [0.15, 0.2) is 47.4 Å². The van der Waals surface area contributed by atoms with E-state index in [1.807, 2.05) is 0 Å². The Kier molecular flexibility index (Phi) is 8.01. The largest absolute Gasteiger partial charge is 0.492 e. The lowest BCUT2D eigenvalue weighted by molar-refractivity contribution is -0.158. The number of nitrogens with one attached hydrogen (secondary N) is 2. The number of ether oxygens (including phenoxy) is 2. The number of hydrogen-bond acceptors (Lipinski definition) is 5. The number of halogens is 2. The smallest absolute Gasteiger partial charge is 0.394 e. The van der Waals surface area contributed by atoms with Gasteiger partial charge in [0.25, 0.3) is 10.0 Å². The van der Waals surface area contributed by atoms with Gasteiger partial charge >= 0.3 is 6.11 Å². The molecule has 3 rings (SSSR count). The molecule has 0 aromatic heterocycles. The summed E-state index contributed by atoms with van der Waals surface area (Å²) < 4.78 is 64.7. The van der Waals surface area contributed by atoms with Gasteiger partial charge in [0.2, 0.25) is 5.91 Å². The molecule has 7 nitrogen and oxygen atoms in total. The van der Waals surface area contributed by atoms with Crippen LogP contribution in [0.1, 0.15) is 46.5 Å². The van der Waals surface area contributed by atoms with Crippen LogP contribution in [-0.2, 0) is 14.8 Å². The van der Waals surface area contributed by atoms with Crippen LogP contribution < -0.4 is 19.5 Å². The summed E-state index contributed by atoms with van der Waals surface area (Å²) in [7, 11) is -4.13. The van der Waals surface area contributed by atoms with E-state index >= 15 is 0 Å². The normalized spacial score (nSPS) is 18.7. The molecule has 1 amide bonds. The quantitative estimate of drug-likeness (QED) is 0.468. The maximum absolute atomic E-state index is 13.1. The minimum Gasteiger partial charge on any atom is -0.492 e. The van der Waals surface area contributed by atoms with Crippen molar-refractivity contribution in [3.8, 4) is 11.5 Å². The highest BCUT2D eigenvalue weighted by molar-refractivity contribution is 7.92. The molecule has 0 bridgehead atoms. The number of rotatable bonds is 9. The summed E-state index contributed by atoms with van der Waals surface area (Å²) in [5.41, 5.74) is 0.486. The van der Waals surface area contributed by atoms with E-state index in [0.29, 0.717) is 18.5 Å². The highest BCUT2D eigenvalue weighted by Crippen LogP contribution is 2.32. The second-order valence-electron chi connectivity index (χ2n) is 8.58. The molecule has 2 N–H and O–H groups in total. The molecular weight excluding hydrogens is 466 g/mol. The molecule has 0 spiro atoms. The zero-order valence-electron chi connectivity index (χ0n) is 19.4. The van der Waals surface area contributed by atoms with Crippen LogP contribution >= 0.6 is 0 Å². The van der Waals surface area contributed by atoms with Crippen molar-refractivity contribution in [3.05, 3.63) is 42.5 Å². The summed E-state index contributed by atoms with van der Waals surface area (Å²) in [6, 6.07) is 9.58. The fourth-order valence-electron chi connectivity index (χ4n) is 3.88. The molecule has 186 valence electrons. The Labute approximate surface area is 198 Å². The van der Waals surface area contributed by atoms with Gasteiger partial charge in [-0.2, -0.15) is 8.78 Å². The van der Waals surface area contributed by atoms with Crippen LogP contribution in [-0.4, -0.2) is 27.0 Å². The molecule has 2 aromatic carbocycles. The van der Waals surface area contributed by atoms with E-state index in [9.17, 15) is 22.0 Å². The summed E-state index contributed by atoms with van der Waals surface area (Å²) in [6.07, 6.45) is 0.263. The highest BCUT2D eigenvalue weighted by Gasteiger charge is 2.26. The number of carbonyl (C=O) groups is 1. The molecule has 1 saturated carbocycles. The standard InChI is InChI=1S/C24H30F2N2O5S/c1-4-32-21-15-18(27-23(29)17-10-8-16(2)9-11-17)12-13-22(21)34(30,31)28-19-6-5-7-20(14-19)33-24(3,25)26/h5-7,12-17,28H,4,8-11H2,1-3H3,(H,27,29). The van der Waals surface area contributed by atoms with Gasteiger partial charge in [0.05, 0.1) is 12.3 Å². The van der Waals surface area contributed by atoms with Crippen LogP contribution in [0.3, 0.4) is 0 Å². The van der Waals surface area contributed by atoms with Gasteiger partial charge in [0.1, 0.15) is 16.4 Å². The molecule has 0 heterocycles. The van der Waals surface area contributed by atoms with Crippen molar-refractivity contribution in [2.75, 3.05) is 16.6 Å². The topological polar surface area (TPSA) is 93.7 Å². The predicted molar refractivity (Wildman–Crippen MR) is 126 cm³/mol. The first-order valence-electron chi connectivity index (χ1n) is 11.2. The molecule has 0 atom stereocenters. The average molecular weight is 497 g/mol. The molecule has 0 aliphatic heterocycles. The van der Waals surface area contributed by atoms with Crippen molar-refractivity contribution in [2.24, 2.45) is 11.8 Å². The van der Waals surface area contributed by atoms with E-state index in [0.717, 1.165) is 31.7 Å². The van der Waals surface area contributed by atoms with Gasteiger partial charge in [-0.25, -0.2) is 8.42 Å². The molecule has 1 fully saturated rings. The summed E-state index contributed by atoms with van der Waals surface area (Å²) in [5.74, 6) is 0.344. The van der Waals surface area contributed by atoms with Crippen molar-refractivity contribution in [3.63, 3.8) is 0 Å². The van der Waals surface area contributed by atoms with Crippen molar-refractivity contribution in [1.29, 1.82) is 0 Å². The van der Waals surface area contributed by atoms with Crippen molar-refractivity contribution >= 4 is 27.3 Å². The fraction of sp³-hybridized carbons (Fsp3) is 0.458. The van der Waals surface area contributed by atoms with Gasteiger partial charge < -0.3 is 14.8 Å². The fourth-order valence-corrected chi connectivity index (χ4v) is 5.06. The van der Waals surface area contributed by atoms with E-state index in [4.69, 9.17) is 4.74 Å². The average Bonchev–Trinajstić information content (AvgIpc) is 2.73. The highest BCUT2D eigenvalue weighted by atomic mass is 32.2. The third kappa shape index (κ3) is 7.06. The molecule has 10 heteroatoms. The first kappa shape index (κ1) is 25.7. The number of carbonyl (C=O) groups excluding carboxylic acids is 1. The van der Waals surface area contributed by atoms with Crippen LogP contribution in [0.2, 0.25) is 0 Å². The Morgan fingerprint density at radius 2 is 1.79 bits per heavy atom. The number of alkyl halides is 2. The molecule has 0 unspecified atom stereocenters. The first-order valence-corrected chi connectivity index (χ1v) is 12.7. The Hall–Kier alpha value is -2.88. The van der Waals surface area contributed by atoms with E-state index in [2.05, 4.69) is 21.7 Å². The Morgan fingerprint density at radius 3 is 2.44 bits per heavy atom. The number of hydrogen-bond donors (Lipinski definition) is 2. The number of anilines is 2. The molecule has 1 aliphatic rings. The Morgan fingerprint density at radius 1 is 1.09 bits per heavy atom. The number of amides is 1.